The van der Waals surface area contributed by atoms with E-state index in [0.29, 0.717) is 16.6 Å². The monoisotopic (exact) mass is 284 g/mol. The van der Waals surface area contributed by atoms with E-state index in [4.69, 9.17) is 5.73 Å². The Morgan fingerprint density at radius 3 is 2.62 bits per heavy atom. The highest BCUT2D eigenvalue weighted by Crippen LogP contribution is 2.32. The van der Waals surface area contributed by atoms with Crippen molar-refractivity contribution in [1.82, 2.24) is 5.32 Å². The molecule has 0 atom stereocenters. The zero-order chi connectivity index (χ0) is 14.8. The molecule has 4 heteroatoms. The van der Waals surface area contributed by atoms with Gasteiger partial charge in [-0.15, -0.1) is 0 Å². The Kier molecular flexibility index (Phi) is 3.69. The molecule has 1 saturated carbocycles. The van der Waals surface area contributed by atoms with E-state index in [-0.39, 0.29) is 17.7 Å². The lowest BCUT2D eigenvalue weighted by atomic mass is 9.95. The molecule has 0 aliphatic heterocycles. The van der Waals surface area contributed by atoms with Gasteiger partial charge in [-0.3, -0.25) is 4.79 Å². The number of nitrogen functional groups attached to an aromatic ring is 1. The molecule has 0 spiro atoms. The highest BCUT2D eigenvalue weighted by atomic mass is 16.3. The molecule has 0 heterocycles. The third-order valence-corrected chi connectivity index (χ3v) is 4.25. The zero-order valence-corrected chi connectivity index (χ0v) is 11.9. The van der Waals surface area contributed by atoms with Crippen molar-refractivity contribution in [3.63, 3.8) is 0 Å². The van der Waals surface area contributed by atoms with E-state index < -0.39 is 0 Å². The first-order chi connectivity index (χ1) is 10.2. The van der Waals surface area contributed by atoms with Gasteiger partial charge in [-0.2, -0.15) is 0 Å². The summed E-state index contributed by atoms with van der Waals surface area (Å²) in [5, 5.41) is 14.8. The van der Waals surface area contributed by atoms with Crippen LogP contribution in [0, 0.1) is 0 Å². The third kappa shape index (κ3) is 2.66. The second kappa shape index (κ2) is 5.64. The fourth-order valence-electron chi connectivity index (χ4n) is 3.06. The smallest absolute Gasteiger partial charge is 0.255 e. The number of rotatable bonds is 2. The first-order valence-corrected chi connectivity index (χ1v) is 7.48. The first kappa shape index (κ1) is 13.7. The summed E-state index contributed by atoms with van der Waals surface area (Å²) < 4.78 is 0. The van der Waals surface area contributed by atoms with E-state index >= 15 is 0 Å². The molecule has 1 fully saturated rings. The van der Waals surface area contributed by atoms with Crippen LogP contribution >= 0.6 is 0 Å². The molecule has 2 aromatic carbocycles. The number of aromatic hydroxyl groups is 1. The summed E-state index contributed by atoms with van der Waals surface area (Å²) in [7, 11) is 0. The molecule has 0 unspecified atom stereocenters. The van der Waals surface area contributed by atoms with Gasteiger partial charge >= 0.3 is 0 Å². The topological polar surface area (TPSA) is 75.3 Å². The highest BCUT2D eigenvalue weighted by Gasteiger charge is 2.19. The normalized spacial score (nSPS) is 16.0. The van der Waals surface area contributed by atoms with Crippen LogP contribution in [0.15, 0.2) is 30.3 Å². The Bertz CT molecular complexity index is 676. The van der Waals surface area contributed by atoms with E-state index in [0.717, 1.165) is 31.1 Å². The van der Waals surface area contributed by atoms with Gasteiger partial charge in [0, 0.05) is 22.5 Å². The number of fused-ring (bicyclic) bond motifs is 1. The van der Waals surface area contributed by atoms with Crippen LogP contribution in [-0.4, -0.2) is 17.1 Å². The van der Waals surface area contributed by atoms with Crippen LogP contribution in [0.4, 0.5) is 5.69 Å². The van der Waals surface area contributed by atoms with Crippen molar-refractivity contribution in [2.75, 3.05) is 5.73 Å². The van der Waals surface area contributed by atoms with Gasteiger partial charge in [0.25, 0.3) is 5.91 Å². The Morgan fingerprint density at radius 1 is 1.10 bits per heavy atom. The zero-order valence-electron chi connectivity index (χ0n) is 11.9. The van der Waals surface area contributed by atoms with Crippen LogP contribution in [0.1, 0.15) is 42.5 Å². The van der Waals surface area contributed by atoms with Crippen LogP contribution < -0.4 is 11.1 Å². The van der Waals surface area contributed by atoms with Crippen molar-refractivity contribution in [3.8, 4) is 5.75 Å². The maximum Gasteiger partial charge on any atom is 0.255 e. The molecule has 110 valence electrons. The molecule has 0 radical (unpaired) electrons. The van der Waals surface area contributed by atoms with E-state index in [1.807, 2.05) is 0 Å². The number of nitrogens with one attached hydrogen (secondary N) is 1. The molecule has 3 rings (SSSR count). The number of nitrogens with two attached hydrogens (primary N) is 1. The van der Waals surface area contributed by atoms with Crippen LogP contribution in [0.2, 0.25) is 0 Å². The summed E-state index contributed by atoms with van der Waals surface area (Å²) in [5.74, 6) is -0.197. The van der Waals surface area contributed by atoms with Crippen LogP contribution in [0.25, 0.3) is 10.8 Å². The second-order valence-electron chi connectivity index (χ2n) is 5.71. The summed E-state index contributed by atoms with van der Waals surface area (Å²) in [6, 6.07) is 9.00. The number of phenolic OH excluding ortho intramolecular Hbond substituents is 1. The molecule has 0 saturated heterocycles. The van der Waals surface area contributed by atoms with Gasteiger partial charge < -0.3 is 16.2 Å². The lowest BCUT2D eigenvalue weighted by Crippen LogP contribution is -2.36. The fourth-order valence-corrected chi connectivity index (χ4v) is 3.06. The Hall–Kier alpha value is -2.23. The summed E-state index contributed by atoms with van der Waals surface area (Å²) in [6.07, 6.45) is 5.60. The maximum absolute atomic E-state index is 12.4. The van der Waals surface area contributed by atoms with Crippen molar-refractivity contribution in [3.05, 3.63) is 35.9 Å². The predicted molar refractivity (Wildman–Crippen MR) is 84.4 cm³/mol. The minimum Gasteiger partial charge on any atom is -0.506 e. The molecule has 4 nitrogen and oxygen atoms in total. The lowest BCUT2D eigenvalue weighted by molar-refractivity contribution is 0.0925. The van der Waals surface area contributed by atoms with E-state index in [2.05, 4.69) is 5.32 Å². The second-order valence-corrected chi connectivity index (χ2v) is 5.71. The first-order valence-electron chi connectivity index (χ1n) is 7.48. The van der Waals surface area contributed by atoms with Crippen molar-refractivity contribution in [2.45, 2.75) is 38.1 Å². The van der Waals surface area contributed by atoms with Crippen molar-refractivity contribution < 1.29 is 9.90 Å². The highest BCUT2D eigenvalue weighted by molar-refractivity contribution is 6.06. The number of carbonyl (C=O) groups is 1. The summed E-state index contributed by atoms with van der Waals surface area (Å²) >= 11 is 0. The van der Waals surface area contributed by atoms with Gasteiger partial charge in [0.15, 0.2) is 0 Å². The van der Waals surface area contributed by atoms with E-state index in [1.54, 1.807) is 30.3 Å². The molecule has 0 bridgehead atoms. The summed E-state index contributed by atoms with van der Waals surface area (Å²) in [5.41, 5.74) is 6.81. The van der Waals surface area contributed by atoms with Gasteiger partial charge in [0.2, 0.25) is 0 Å². The molecule has 21 heavy (non-hydrogen) atoms. The SMILES string of the molecule is Nc1cccc2c(O)c(C(=O)NC3CCCCC3)ccc12. The average molecular weight is 284 g/mol. The molecular weight excluding hydrogens is 264 g/mol. The van der Waals surface area contributed by atoms with Crippen molar-refractivity contribution in [2.24, 2.45) is 0 Å². The Labute approximate surface area is 124 Å². The summed E-state index contributed by atoms with van der Waals surface area (Å²) in [4.78, 5) is 12.4. The molecule has 1 aliphatic rings. The molecule has 4 N–H and O–H groups in total. The average Bonchev–Trinajstić information content (AvgIpc) is 2.49. The Balaban J connectivity index is 1.89. The van der Waals surface area contributed by atoms with Gasteiger partial charge in [0.1, 0.15) is 5.75 Å². The molecular formula is C17H20N2O2. The predicted octanol–water partition coefficient (Wildman–Crippen LogP) is 3.19. The van der Waals surface area contributed by atoms with E-state index in [1.165, 1.54) is 6.42 Å². The lowest BCUT2D eigenvalue weighted by Gasteiger charge is -2.23. The van der Waals surface area contributed by atoms with Gasteiger partial charge in [-0.25, -0.2) is 0 Å². The molecule has 2 aromatic rings. The number of hydrogen-bond donors (Lipinski definition) is 3. The number of benzene rings is 2. The minimum atomic E-state index is -0.205. The van der Waals surface area contributed by atoms with Crippen molar-refractivity contribution >= 4 is 22.4 Å². The van der Waals surface area contributed by atoms with Crippen LogP contribution in [0.5, 0.6) is 5.75 Å². The summed E-state index contributed by atoms with van der Waals surface area (Å²) in [6.45, 7) is 0. The molecule has 1 aliphatic carbocycles. The quantitative estimate of drug-likeness (QED) is 0.741. The van der Waals surface area contributed by atoms with Gasteiger partial charge in [0.05, 0.1) is 5.56 Å². The standard InChI is InChI=1S/C17H20N2O2/c18-15-8-4-7-13-12(15)9-10-14(16(13)20)17(21)19-11-5-2-1-3-6-11/h4,7-11,20H,1-3,5-6,18H2,(H,19,21). The van der Waals surface area contributed by atoms with Crippen LogP contribution in [-0.2, 0) is 0 Å². The third-order valence-electron chi connectivity index (χ3n) is 4.25. The van der Waals surface area contributed by atoms with E-state index in [9.17, 15) is 9.90 Å². The van der Waals surface area contributed by atoms with Gasteiger partial charge in [-0.1, -0.05) is 37.5 Å². The molecule has 0 aromatic heterocycles. The van der Waals surface area contributed by atoms with Gasteiger partial charge in [-0.05, 0) is 25.0 Å². The number of anilines is 1. The Morgan fingerprint density at radius 2 is 1.86 bits per heavy atom. The maximum atomic E-state index is 12.4. The van der Waals surface area contributed by atoms with Crippen molar-refractivity contribution in [1.29, 1.82) is 0 Å². The van der Waals surface area contributed by atoms with Crippen LogP contribution in [0.3, 0.4) is 0 Å². The number of amides is 1. The molecule has 1 amide bonds. The number of carbonyl (C=O) groups excluding carboxylic acids is 1. The number of phenols is 1. The fraction of sp³-hybridized carbons (Fsp3) is 0.353. The largest absolute Gasteiger partial charge is 0.506 e. The minimum absolute atomic E-state index is 0.00751. The number of hydrogen-bond acceptors (Lipinski definition) is 3.